The van der Waals surface area contributed by atoms with Crippen LogP contribution in [0.25, 0.3) is 0 Å². The van der Waals surface area contributed by atoms with Gasteiger partial charge >= 0.3 is 0 Å². The van der Waals surface area contributed by atoms with Crippen LogP contribution in [0.3, 0.4) is 0 Å². The molecule has 0 saturated carbocycles. The second kappa shape index (κ2) is 8.60. The first-order chi connectivity index (χ1) is 10.7. The van der Waals surface area contributed by atoms with Crippen molar-refractivity contribution < 1.29 is 9.47 Å². The summed E-state index contributed by atoms with van der Waals surface area (Å²) in [7, 11) is 5.56. The fraction of sp³-hybridized carbons (Fsp3) is 0.562. The van der Waals surface area contributed by atoms with Crippen molar-refractivity contribution in [1.82, 2.24) is 15.5 Å². The lowest BCUT2D eigenvalue weighted by atomic mass is 10.2. The van der Waals surface area contributed by atoms with Gasteiger partial charge in [0, 0.05) is 33.2 Å². The lowest BCUT2D eigenvalue weighted by Crippen LogP contribution is -2.48. The van der Waals surface area contributed by atoms with Crippen LogP contribution in [0.5, 0.6) is 5.75 Å². The molecule has 1 aromatic carbocycles. The smallest absolute Gasteiger partial charge is 0.191 e. The van der Waals surface area contributed by atoms with Gasteiger partial charge in [-0.25, -0.2) is 0 Å². The molecule has 0 spiro atoms. The highest BCUT2D eigenvalue weighted by atomic mass is 16.5. The predicted molar refractivity (Wildman–Crippen MR) is 88.4 cm³/mol. The Kier molecular flexibility index (Phi) is 6.48. The minimum absolute atomic E-state index is 0.207. The van der Waals surface area contributed by atoms with E-state index in [-0.39, 0.29) is 6.10 Å². The summed E-state index contributed by atoms with van der Waals surface area (Å²) in [4.78, 5) is 6.52. The quantitative estimate of drug-likeness (QED) is 0.619. The summed E-state index contributed by atoms with van der Waals surface area (Å²) in [6.07, 6.45) is 0.207. The van der Waals surface area contributed by atoms with Gasteiger partial charge in [0.2, 0.25) is 0 Å². The SMILES string of the molecule is CN=C(NCc1ccc(OC)cc1)NCC1CN(C)CCO1. The molecule has 6 heteroatoms. The standard InChI is InChI=1S/C16H26N4O2/c1-17-16(19-11-15-12-20(2)8-9-22-15)18-10-13-4-6-14(21-3)7-5-13/h4-7,15H,8-12H2,1-3H3,(H2,17,18,19). The van der Waals surface area contributed by atoms with Gasteiger partial charge in [-0.1, -0.05) is 12.1 Å². The number of hydrogen-bond acceptors (Lipinski definition) is 4. The van der Waals surface area contributed by atoms with Crippen molar-refractivity contribution >= 4 is 5.96 Å². The maximum Gasteiger partial charge on any atom is 0.191 e. The summed E-state index contributed by atoms with van der Waals surface area (Å²) in [6.45, 7) is 4.21. The molecule has 1 aliphatic heterocycles. The van der Waals surface area contributed by atoms with Crippen molar-refractivity contribution in [1.29, 1.82) is 0 Å². The predicted octanol–water partition coefficient (Wildman–Crippen LogP) is 0.691. The van der Waals surface area contributed by atoms with Gasteiger partial charge in [-0.15, -0.1) is 0 Å². The van der Waals surface area contributed by atoms with E-state index in [0.717, 1.165) is 44.5 Å². The Bertz CT molecular complexity index is 476. The van der Waals surface area contributed by atoms with E-state index in [0.29, 0.717) is 0 Å². The summed E-state index contributed by atoms with van der Waals surface area (Å²) in [5.74, 6) is 1.65. The molecule has 6 nitrogen and oxygen atoms in total. The van der Waals surface area contributed by atoms with Crippen LogP contribution in [-0.2, 0) is 11.3 Å². The summed E-state index contributed by atoms with van der Waals surface area (Å²) in [5.41, 5.74) is 1.18. The second-order valence-electron chi connectivity index (χ2n) is 5.41. The van der Waals surface area contributed by atoms with Crippen LogP contribution in [0.1, 0.15) is 5.56 Å². The number of ether oxygens (including phenoxy) is 2. The van der Waals surface area contributed by atoms with Crippen LogP contribution in [0.4, 0.5) is 0 Å². The summed E-state index contributed by atoms with van der Waals surface area (Å²) in [6, 6.07) is 7.99. The van der Waals surface area contributed by atoms with Crippen LogP contribution in [0.15, 0.2) is 29.3 Å². The number of morpholine rings is 1. The molecule has 0 aromatic heterocycles. The lowest BCUT2D eigenvalue weighted by molar-refractivity contribution is -0.0161. The van der Waals surface area contributed by atoms with Gasteiger partial charge in [0.15, 0.2) is 5.96 Å². The Hall–Kier alpha value is -1.79. The molecular weight excluding hydrogens is 280 g/mol. The number of aliphatic imine (C=N–C) groups is 1. The molecule has 0 bridgehead atoms. The molecule has 122 valence electrons. The number of rotatable bonds is 5. The molecule has 2 rings (SSSR count). The summed E-state index contributed by atoms with van der Waals surface area (Å²) >= 11 is 0. The van der Waals surface area contributed by atoms with Crippen LogP contribution < -0.4 is 15.4 Å². The van der Waals surface area contributed by atoms with Crippen molar-refractivity contribution in [3.63, 3.8) is 0 Å². The summed E-state index contributed by atoms with van der Waals surface area (Å²) in [5, 5.41) is 6.62. The number of methoxy groups -OCH3 is 1. The van der Waals surface area contributed by atoms with E-state index in [9.17, 15) is 0 Å². The fourth-order valence-electron chi connectivity index (χ4n) is 2.35. The Morgan fingerprint density at radius 2 is 2.14 bits per heavy atom. The monoisotopic (exact) mass is 306 g/mol. The molecule has 1 heterocycles. The Morgan fingerprint density at radius 1 is 1.36 bits per heavy atom. The molecule has 0 aliphatic carbocycles. The van der Waals surface area contributed by atoms with Crippen molar-refractivity contribution in [2.45, 2.75) is 12.6 Å². The molecule has 1 saturated heterocycles. The third-order valence-corrected chi connectivity index (χ3v) is 3.68. The zero-order valence-electron chi connectivity index (χ0n) is 13.6. The van der Waals surface area contributed by atoms with E-state index >= 15 is 0 Å². The van der Waals surface area contributed by atoms with Gasteiger partial charge in [0.25, 0.3) is 0 Å². The van der Waals surface area contributed by atoms with Crippen molar-refractivity contribution in [3.8, 4) is 5.75 Å². The maximum absolute atomic E-state index is 5.73. The van der Waals surface area contributed by atoms with E-state index in [1.54, 1.807) is 14.2 Å². The van der Waals surface area contributed by atoms with Gasteiger partial charge in [0.1, 0.15) is 5.75 Å². The Labute approximate surface area is 132 Å². The number of nitrogens with zero attached hydrogens (tertiary/aromatic N) is 2. The average Bonchev–Trinajstić information content (AvgIpc) is 2.55. The number of nitrogens with one attached hydrogen (secondary N) is 2. The first-order valence-electron chi connectivity index (χ1n) is 7.59. The maximum atomic E-state index is 5.73. The molecule has 0 amide bonds. The van der Waals surface area contributed by atoms with E-state index in [2.05, 4.69) is 27.6 Å². The normalized spacial score (nSPS) is 19.8. The molecule has 22 heavy (non-hydrogen) atoms. The molecule has 1 unspecified atom stereocenters. The largest absolute Gasteiger partial charge is 0.497 e. The van der Waals surface area contributed by atoms with Crippen molar-refractivity contribution in [3.05, 3.63) is 29.8 Å². The highest BCUT2D eigenvalue weighted by molar-refractivity contribution is 5.79. The molecule has 1 atom stereocenters. The topological polar surface area (TPSA) is 58.1 Å². The Morgan fingerprint density at radius 3 is 2.77 bits per heavy atom. The lowest BCUT2D eigenvalue weighted by Gasteiger charge is -2.30. The van der Waals surface area contributed by atoms with Crippen molar-refractivity contribution in [2.24, 2.45) is 4.99 Å². The van der Waals surface area contributed by atoms with E-state index < -0.39 is 0 Å². The van der Waals surface area contributed by atoms with Gasteiger partial charge < -0.3 is 25.0 Å². The van der Waals surface area contributed by atoms with Crippen LogP contribution in [0, 0.1) is 0 Å². The van der Waals surface area contributed by atoms with Crippen LogP contribution in [-0.4, -0.2) is 64.4 Å². The first kappa shape index (κ1) is 16.6. The van der Waals surface area contributed by atoms with E-state index in [1.165, 1.54) is 5.56 Å². The highest BCUT2D eigenvalue weighted by Gasteiger charge is 2.17. The van der Waals surface area contributed by atoms with Crippen molar-refractivity contribution in [2.75, 3.05) is 47.4 Å². The minimum Gasteiger partial charge on any atom is -0.497 e. The molecule has 0 radical (unpaired) electrons. The van der Waals surface area contributed by atoms with Gasteiger partial charge in [0.05, 0.1) is 19.8 Å². The third-order valence-electron chi connectivity index (χ3n) is 3.68. The van der Waals surface area contributed by atoms with Gasteiger partial charge in [-0.2, -0.15) is 0 Å². The minimum atomic E-state index is 0.207. The van der Waals surface area contributed by atoms with Gasteiger partial charge in [-0.05, 0) is 24.7 Å². The molecule has 1 aliphatic rings. The molecule has 1 aromatic rings. The highest BCUT2D eigenvalue weighted by Crippen LogP contribution is 2.10. The summed E-state index contributed by atoms with van der Waals surface area (Å²) < 4.78 is 10.9. The molecule has 1 fully saturated rings. The number of hydrogen-bond donors (Lipinski definition) is 2. The van der Waals surface area contributed by atoms with Crippen LogP contribution >= 0.6 is 0 Å². The van der Waals surface area contributed by atoms with Crippen LogP contribution in [0.2, 0.25) is 0 Å². The Balaban J connectivity index is 1.74. The van der Waals surface area contributed by atoms with Gasteiger partial charge in [-0.3, -0.25) is 4.99 Å². The molecular formula is C16H26N4O2. The van der Waals surface area contributed by atoms with E-state index in [1.807, 2.05) is 24.3 Å². The second-order valence-corrected chi connectivity index (χ2v) is 5.41. The number of guanidine groups is 1. The zero-order valence-corrected chi connectivity index (χ0v) is 13.6. The number of likely N-dealkylation sites (N-methyl/N-ethyl adjacent to an activating group) is 1. The zero-order chi connectivity index (χ0) is 15.8. The van der Waals surface area contributed by atoms with E-state index in [4.69, 9.17) is 9.47 Å². The number of benzene rings is 1. The fourth-order valence-corrected chi connectivity index (χ4v) is 2.35. The third kappa shape index (κ3) is 5.20. The molecule has 2 N–H and O–H groups in total. The average molecular weight is 306 g/mol. The first-order valence-corrected chi connectivity index (χ1v) is 7.59.